The Hall–Kier alpha value is -2.81. The number of phosphoric ester groups is 1. The highest BCUT2D eigenvalue weighted by atomic mass is 31.2. The van der Waals surface area contributed by atoms with E-state index in [4.69, 9.17) is 24.3 Å². The Balaban J connectivity index is 4.40. The lowest BCUT2D eigenvalue weighted by atomic mass is 10.1. The normalized spacial score (nSPS) is 14.5. The molecule has 3 N–H and O–H groups in total. The van der Waals surface area contributed by atoms with Gasteiger partial charge in [0.15, 0.2) is 6.10 Å². The highest BCUT2D eigenvalue weighted by Crippen LogP contribution is 2.43. The summed E-state index contributed by atoms with van der Waals surface area (Å²) in [7, 11) is -4.39. The molecule has 0 spiro atoms. The predicted molar refractivity (Wildman–Crippen MR) is 196 cm³/mol. The van der Waals surface area contributed by atoms with E-state index in [0.29, 0.717) is 12.8 Å². The van der Waals surface area contributed by atoms with Gasteiger partial charge in [-0.25, -0.2) is 4.57 Å². The number of phosphoric acid groups is 1. The van der Waals surface area contributed by atoms with Gasteiger partial charge in [-0.1, -0.05) is 118 Å². The minimum atomic E-state index is -4.39. The van der Waals surface area contributed by atoms with Crippen LogP contribution in [0.1, 0.15) is 110 Å². The van der Waals surface area contributed by atoms with E-state index in [1.165, 1.54) is 0 Å². The molecule has 0 aromatic rings. The van der Waals surface area contributed by atoms with Crippen LogP contribution in [-0.4, -0.2) is 49.3 Å². The number of hydrogen-bond acceptors (Lipinski definition) is 8. The number of ether oxygens (including phenoxy) is 2. The van der Waals surface area contributed by atoms with Crippen LogP contribution < -0.4 is 5.73 Å². The van der Waals surface area contributed by atoms with E-state index >= 15 is 0 Å². The molecule has 0 radical (unpaired) electrons. The Morgan fingerprint density at radius 3 is 1.85 bits per heavy atom. The van der Waals surface area contributed by atoms with Crippen LogP contribution in [0.4, 0.5) is 0 Å². The molecule has 0 rings (SSSR count). The fourth-order valence-corrected chi connectivity index (χ4v) is 4.83. The van der Waals surface area contributed by atoms with Crippen molar-refractivity contribution >= 4 is 19.8 Å². The first-order chi connectivity index (χ1) is 23.3. The van der Waals surface area contributed by atoms with Crippen LogP contribution in [0, 0.1) is 0 Å². The fourth-order valence-electron chi connectivity index (χ4n) is 4.07. The Kier molecular flexibility index (Phi) is 32.1. The van der Waals surface area contributed by atoms with Crippen LogP contribution in [0.5, 0.6) is 0 Å². The van der Waals surface area contributed by atoms with Gasteiger partial charge in [0.2, 0.25) is 0 Å². The zero-order chi connectivity index (χ0) is 35.4. The first-order valence-corrected chi connectivity index (χ1v) is 19.1. The second-order valence-electron chi connectivity index (χ2n) is 11.1. The van der Waals surface area contributed by atoms with Gasteiger partial charge < -0.3 is 20.1 Å². The molecular weight excluding hydrogens is 629 g/mol. The van der Waals surface area contributed by atoms with Crippen LogP contribution in [-0.2, 0) is 32.7 Å². The molecule has 10 heteroatoms. The summed E-state index contributed by atoms with van der Waals surface area (Å²) in [4.78, 5) is 34.6. The molecule has 2 atom stereocenters. The third-order valence-electron chi connectivity index (χ3n) is 6.62. The molecule has 0 aliphatic rings. The highest BCUT2D eigenvalue weighted by Gasteiger charge is 2.25. The first-order valence-electron chi connectivity index (χ1n) is 17.6. The Bertz CT molecular complexity index is 1060. The predicted octanol–water partition coefficient (Wildman–Crippen LogP) is 9.32. The molecule has 2 unspecified atom stereocenters. The van der Waals surface area contributed by atoms with Gasteiger partial charge in [-0.05, 0) is 64.2 Å². The van der Waals surface area contributed by atoms with Gasteiger partial charge >= 0.3 is 19.8 Å². The monoisotopic (exact) mass is 691 g/mol. The summed E-state index contributed by atoms with van der Waals surface area (Å²) in [6.45, 7) is 3.35. The van der Waals surface area contributed by atoms with Crippen LogP contribution in [0.15, 0.2) is 85.1 Å². The Morgan fingerprint density at radius 2 is 1.19 bits per heavy atom. The molecular formula is C38H62NO8P. The third kappa shape index (κ3) is 33.1. The van der Waals surface area contributed by atoms with Gasteiger partial charge in [-0.2, -0.15) is 0 Å². The highest BCUT2D eigenvalue weighted by molar-refractivity contribution is 7.47. The molecule has 0 aliphatic heterocycles. The van der Waals surface area contributed by atoms with Crippen molar-refractivity contribution in [2.24, 2.45) is 5.73 Å². The van der Waals surface area contributed by atoms with Crippen molar-refractivity contribution in [3.8, 4) is 0 Å². The number of rotatable bonds is 31. The standard InChI is InChI=1S/C38H62NO8P/c1-3-5-7-9-11-13-15-17-19-20-22-24-26-28-30-37(40)44-34-36(35-46-48(42,43)45-33-32-39)47-38(41)31-29-27-25-23-21-18-16-14-12-10-8-6-4-2/h5-8,10-14,16-19,21,36H,3-4,9,15,20,22-35,39H2,1-2H3,(H,42,43)/b7-5+,8-6+,12-10+,13-11+,16-14+,19-17+,21-18+. The van der Waals surface area contributed by atoms with Gasteiger partial charge in [0.25, 0.3) is 0 Å². The van der Waals surface area contributed by atoms with Crippen molar-refractivity contribution < 1.29 is 37.6 Å². The van der Waals surface area contributed by atoms with Crippen LogP contribution >= 0.6 is 7.82 Å². The Morgan fingerprint density at radius 1 is 0.646 bits per heavy atom. The summed E-state index contributed by atoms with van der Waals surface area (Å²) in [5, 5.41) is 0. The summed E-state index contributed by atoms with van der Waals surface area (Å²) >= 11 is 0. The first kappa shape index (κ1) is 45.2. The average molecular weight is 692 g/mol. The number of carbonyl (C=O) groups is 2. The quantitative estimate of drug-likeness (QED) is 0.0240. The van der Waals surface area contributed by atoms with Gasteiger partial charge in [-0.3, -0.25) is 18.6 Å². The van der Waals surface area contributed by atoms with E-state index in [1.807, 2.05) is 36.5 Å². The van der Waals surface area contributed by atoms with Crippen molar-refractivity contribution in [3.63, 3.8) is 0 Å². The summed E-state index contributed by atoms with van der Waals surface area (Å²) in [5.41, 5.74) is 5.32. The maximum absolute atomic E-state index is 12.5. The smallest absolute Gasteiger partial charge is 0.462 e. The van der Waals surface area contributed by atoms with Crippen molar-refractivity contribution in [3.05, 3.63) is 85.1 Å². The average Bonchev–Trinajstić information content (AvgIpc) is 3.07. The molecule has 48 heavy (non-hydrogen) atoms. The summed E-state index contributed by atoms with van der Waals surface area (Å²) in [6.07, 6.45) is 40.5. The van der Waals surface area contributed by atoms with Crippen molar-refractivity contribution in [1.29, 1.82) is 0 Å². The largest absolute Gasteiger partial charge is 0.472 e. The van der Waals surface area contributed by atoms with Crippen LogP contribution in [0.2, 0.25) is 0 Å². The molecule has 0 bridgehead atoms. The van der Waals surface area contributed by atoms with Crippen molar-refractivity contribution in [2.45, 2.75) is 116 Å². The van der Waals surface area contributed by atoms with Crippen LogP contribution in [0.25, 0.3) is 0 Å². The lowest BCUT2D eigenvalue weighted by Crippen LogP contribution is -2.29. The number of hydrogen-bond donors (Lipinski definition) is 2. The molecule has 0 amide bonds. The number of allylic oxidation sites excluding steroid dienone is 14. The number of nitrogens with two attached hydrogens (primary N) is 1. The van der Waals surface area contributed by atoms with Crippen molar-refractivity contribution in [2.75, 3.05) is 26.4 Å². The molecule has 9 nitrogen and oxygen atoms in total. The summed E-state index contributed by atoms with van der Waals surface area (Å²) in [5.74, 6) is -0.915. The van der Waals surface area contributed by atoms with Gasteiger partial charge in [0.1, 0.15) is 6.61 Å². The van der Waals surface area contributed by atoms with Crippen molar-refractivity contribution in [1.82, 2.24) is 0 Å². The minimum absolute atomic E-state index is 0.0381. The Labute approximate surface area is 290 Å². The van der Waals surface area contributed by atoms with E-state index in [1.54, 1.807) is 0 Å². The van der Waals surface area contributed by atoms with E-state index in [9.17, 15) is 19.0 Å². The van der Waals surface area contributed by atoms with Gasteiger partial charge in [0.05, 0.1) is 13.2 Å². The second-order valence-corrected chi connectivity index (χ2v) is 12.5. The zero-order valence-electron chi connectivity index (χ0n) is 29.4. The SMILES string of the molecule is CC/C=C/C=C/C=C/C=C/CCCCCC(=O)OC(COC(=O)CCCCCC/C=C/C/C=C/C/C=C/CC)COP(=O)(O)OCCN. The van der Waals surface area contributed by atoms with E-state index in [0.717, 1.165) is 70.6 Å². The minimum Gasteiger partial charge on any atom is -0.462 e. The zero-order valence-corrected chi connectivity index (χ0v) is 30.3. The molecule has 0 saturated carbocycles. The van der Waals surface area contributed by atoms with Gasteiger partial charge in [0, 0.05) is 19.4 Å². The lowest BCUT2D eigenvalue weighted by Gasteiger charge is -2.19. The third-order valence-corrected chi connectivity index (χ3v) is 7.61. The lowest BCUT2D eigenvalue weighted by molar-refractivity contribution is -0.161. The molecule has 0 fully saturated rings. The van der Waals surface area contributed by atoms with E-state index < -0.39 is 32.5 Å². The molecule has 272 valence electrons. The van der Waals surface area contributed by atoms with E-state index in [-0.39, 0.29) is 32.6 Å². The van der Waals surface area contributed by atoms with E-state index in [2.05, 4.69) is 62.5 Å². The second kappa shape index (κ2) is 34.1. The fraction of sp³-hybridized carbons (Fsp3) is 0.579. The summed E-state index contributed by atoms with van der Waals surface area (Å²) in [6, 6.07) is 0. The molecule has 0 saturated heterocycles. The molecule has 0 heterocycles. The number of carbonyl (C=O) groups excluding carboxylic acids is 2. The van der Waals surface area contributed by atoms with Gasteiger partial charge in [-0.15, -0.1) is 0 Å². The maximum atomic E-state index is 12.5. The number of unbranched alkanes of at least 4 members (excludes halogenated alkanes) is 7. The summed E-state index contributed by atoms with van der Waals surface area (Å²) < 4.78 is 32.5. The topological polar surface area (TPSA) is 134 Å². The number of esters is 2. The molecule has 0 aromatic carbocycles. The molecule has 0 aliphatic carbocycles. The maximum Gasteiger partial charge on any atom is 0.472 e. The molecule has 0 aromatic heterocycles. The van der Waals surface area contributed by atoms with Crippen LogP contribution in [0.3, 0.4) is 0 Å².